The number of rotatable bonds is 5. The molecule has 2 saturated heterocycles. The number of ether oxygens (including phenoxy) is 1. The number of anilines is 1. The van der Waals surface area contributed by atoms with Crippen LogP contribution < -0.4 is 4.90 Å². The summed E-state index contributed by atoms with van der Waals surface area (Å²) in [4.78, 5) is 31.4. The Morgan fingerprint density at radius 1 is 1.22 bits per heavy atom. The van der Waals surface area contributed by atoms with E-state index in [1.54, 1.807) is 7.11 Å². The van der Waals surface area contributed by atoms with Gasteiger partial charge in [0.2, 0.25) is 5.91 Å². The molecule has 3 rings (SSSR count). The molecular formula is C21H31N3O3. The van der Waals surface area contributed by atoms with Crippen molar-refractivity contribution in [2.24, 2.45) is 5.41 Å². The topological polar surface area (TPSA) is 53.1 Å². The van der Waals surface area contributed by atoms with E-state index in [0.29, 0.717) is 19.6 Å². The molecule has 0 aliphatic carbocycles. The molecule has 2 heterocycles. The second-order valence-corrected chi connectivity index (χ2v) is 8.05. The first-order valence-corrected chi connectivity index (χ1v) is 9.78. The van der Waals surface area contributed by atoms with Crippen LogP contribution in [0, 0.1) is 5.41 Å². The third kappa shape index (κ3) is 4.26. The minimum atomic E-state index is 0.0165. The maximum Gasteiger partial charge on any atom is 0.255 e. The molecule has 148 valence electrons. The lowest BCUT2D eigenvalue weighted by Crippen LogP contribution is -2.55. The fourth-order valence-electron chi connectivity index (χ4n) is 4.44. The molecule has 0 radical (unpaired) electrons. The van der Waals surface area contributed by atoms with Crippen LogP contribution in [0.15, 0.2) is 24.3 Å². The van der Waals surface area contributed by atoms with Crippen LogP contribution in [0.5, 0.6) is 0 Å². The van der Waals surface area contributed by atoms with E-state index in [0.717, 1.165) is 50.1 Å². The maximum atomic E-state index is 13.3. The number of likely N-dealkylation sites (tertiary alicyclic amines) is 2. The van der Waals surface area contributed by atoms with Gasteiger partial charge in [0.1, 0.15) is 0 Å². The number of hydrogen-bond donors (Lipinski definition) is 0. The van der Waals surface area contributed by atoms with E-state index in [1.165, 1.54) is 0 Å². The number of carbonyl (C=O) groups is 2. The highest BCUT2D eigenvalue weighted by Gasteiger charge is 2.42. The van der Waals surface area contributed by atoms with Gasteiger partial charge in [-0.2, -0.15) is 0 Å². The molecule has 2 fully saturated rings. The van der Waals surface area contributed by atoms with Crippen LogP contribution >= 0.6 is 0 Å². The Bertz CT molecular complexity index is 691. The summed E-state index contributed by atoms with van der Waals surface area (Å²) in [7, 11) is 5.59. The molecule has 1 aromatic rings. The zero-order chi connectivity index (χ0) is 19.4. The van der Waals surface area contributed by atoms with Gasteiger partial charge in [-0.15, -0.1) is 0 Å². The van der Waals surface area contributed by atoms with E-state index in [4.69, 9.17) is 4.74 Å². The number of piperidine rings is 2. The zero-order valence-corrected chi connectivity index (χ0v) is 16.7. The van der Waals surface area contributed by atoms with Gasteiger partial charge in [0, 0.05) is 64.9 Å². The van der Waals surface area contributed by atoms with Crippen molar-refractivity contribution in [1.29, 1.82) is 0 Å². The fraction of sp³-hybridized carbons (Fsp3) is 0.619. The number of nitrogens with zero attached hydrogens (tertiary/aromatic N) is 3. The first-order chi connectivity index (χ1) is 13.0. The zero-order valence-electron chi connectivity index (χ0n) is 16.7. The maximum absolute atomic E-state index is 13.3. The molecule has 1 unspecified atom stereocenters. The van der Waals surface area contributed by atoms with Crippen molar-refractivity contribution in [3.05, 3.63) is 29.8 Å². The summed E-state index contributed by atoms with van der Waals surface area (Å²) in [6.07, 6.45) is 3.50. The van der Waals surface area contributed by atoms with Gasteiger partial charge in [-0.3, -0.25) is 9.59 Å². The SMILES string of the molecule is COCCN1CC2(CCCN(C(=O)c3ccccc3N(C)C)C2)CCC1=O. The molecule has 2 aliphatic rings. The molecule has 0 N–H and O–H groups in total. The van der Waals surface area contributed by atoms with Gasteiger partial charge in [-0.25, -0.2) is 0 Å². The van der Waals surface area contributed by atoms with E-state index in [9.17, 15) is 9.59 Å². The molecular weight excluding hydrogens is 342 g/mol. The second-order valence-electron chi connectivity index (χ2n) is 8.05. The summed E-state index contributed by atoms with van der Waals surface area (Å²) in [6, 6.07) is 7.78. The van der Waals surface area contributed by atoms with Crippen molar-refractivity contribution >= 4 is 17.5 Å². The van der Waals surface area contributed by atoms with Gasteiger partial charge >= 0.3 is 0 Å². The number of para-hydroxylation sites is 1. The predicted molar refractivity (Wildman–Crippen MR) is 106 cm³/mol. The van der Waals surface area contributed by atoms with Gasteiger partial charge < -0.3 is 19.4 Å². The molecule has 0 aromatic heterocycles. The standard InChI is InChI=1S/C21H31N3O3/c1-22(2)18-8-5-4-7-17(18)20(26)24-12-6-10-21(16-24)11-9-19(25)23(15-21)13-14-27-3/h4-5,7-8H,6,9-16H2,1-3H3. The number of carbonyl (C=O) groups excluding carboxylic acids is 2. The van der Waals surface area contributed by atoms with Crippen molar-refractivity contribution in [2.75, 3.05) is 58.9 Å². The second kappa shape index (κ2) is 8.30. The number of methoxy groups -OCH3 is 1. The van der Waals surface area contributed by atoms with Crippen LogP contribution in [0.3, 0.4) is 0 Å². The van der Waals surface area contributed by atoms with Crippen LogP contribution in [0.1, 0.15) is 36.0 Å². The van der Waals surface area contributed by atoms with Crippen LogP contribution in [-0.4, -0.2) is 75.6 Å². The Morgan fingerprint density at radius 2 is 2.00 bits per heavy atom. The van der Waals surface area contributed by atoms with Gasteiger partial charge in [0.05, 0.1) is 12.2 Å². The molecule has 1 atom stereocenters. The largest absolute Gasteiger partial charge is 0.383 e. The van der Waals surface area contributed by atoms with Crippen LogP contribution in [-0.2, 0) is 9.53 Å². The quantitative estimate of drug-likeness (QED) is 0.794. The van der Waals surface area contributed by atoms with Crippen LogP contribution in [0.2, 0.25) is 0 Å². The van der Waals surface area contributed by atoms with Crippen molar-refractivity contribution in [1.82, 2.24) is 9.80 Å². The molecule has 6 heteroatoms. The fourth-order valence-corrected chi connectivity index (χ4v) is 4.44. The lowest BCUT2D eigenvalue weighted by Gasteiger charge is -2.48. The third-order valence-electron chi connectivity index (χ3n) is 5.88. The summed E-state index contributed by atoms with van der Waals surface area (Å²) in [5.74, 6) is 0.304. The van der Waals surface area contributed by atoms with Crippen LogP contribution in [0.25, 0.3) is 0 Å². The first kappa shape index (κ1) is 19.7. The molecule has 0 saturated carbocycles. The van der Waals surface area contributed by atoms with Crippen molar-refractivity contribution in [3.63, 3.8) is 0 Å². The minimum Gasteiger partial charge on any atom is -0.383 e. The Morgan fingerprint density at radius 3 is 2.74 bits per heavy atom. The molecule has 0 bridgehead atoms. The van der Waals surface area contributed by atoms with E-state index < -0.39 is 0 Å². The van der Waals surface area contributed by atoms with Gasteiger partial charge in [-0.05, 0) is 31.4 Å². The number of benzene rings is 1. The molecule has 1 spiro atoms. The number of amides is 2. The first-order valence-electron chi connectivity index (χ1n) is 9.78. The molecule has 2 aliphatic heterocycles. The highest BCUT2D eigenvalue weighted by atomic mass is 16.5. The Balaban J connectivity index is 1.76. The Kier molecular flexibility index (Phi) is 6.05. The van der Waals surface area contributed by atoms with E-state index in [1.807, 2.05) is 53.1 Å². The van der Waals surface area contributed by atoms with E-state index >= 15 is 0 Å². The number of hydrogen-bond acceptors (Lipinski definition) is 4. The third-order valence-corrected chi connectivity index (χ3v) is 5.88. The van der Waals surface area contributed by atoms with Crippen molar-refractivity contribution < 1.29 is 14.3 Å². The Hall–Kier alpha value is -2.08. The summed E-state index contributed by atoms with van der Waals surface area (Å²) >= 11 is 0. The predicted octanol–water partition coefficient (Wildman–Crippen LogP) is 2.24. The van der Waals surface area contributed by atoms with E-state index in [-0.39, 0.29) is 17.2 Å². The lowest BCUT2D eigenvalue weighted by molar-refractivity contribution is -0.139. The van der Waals surface area contributed by atoms with Gasteiger partial charge in [0.25, 0.3) is 5.91 Å². The normalized spacial score (nSPS) is 23.0. The molecule has 1 aromatic carbocycles. The molecule has 27 heavy (non-hydrogen) atoms. The van der Waals surface area contributed by atoms with Crippen LogP contribution in [0.4, 0.5) is 5.69 Å². The van der Waals surface area contributed by atoms with E-state index in [2.05, 4.69) is 0 Å². The molecule has 6 nitrogen and oxygen atoms in total. The highest BCUT2D eigenvalue weighted by molar-refractivity contribution is 5.99. The van der Waals surface area contributed by atoms with Crippen molar-refractivity contribution in [2.45, 2.75) is 25.7 Å². The highest BCUT2D eigenvalue weighted by Crippen LogP contribution is 2.39. The lowest BCUT2D eigenvalue weighted by atomic mass is 9.73. The molecule has 2 amide bonds. The average molecular weight is 373 g/mol. The average Bonchev–Trinajstić information content (AvgIpc) is 2.68. The monoisotopic (exact) mass is 373 g/mol. The Labute approximate surface area is 162 Å². The smallest absolute Gasteiger partial charge is 0.255 e. The van der Waals surface area contributed by atoms with Gasteiger partial charge in [0.15, 0.2) is 0 Å². The summed E-state index contributed by atoms with van der Waals surface area (Å²) in [5, 5.41) is 0. The summed E-state index contributed by atoms with van der Waals surface area (Å²) < 4.78 is 5.16. The van der Waals surface area contributed by atoms with Gasteiger partial charge in [-0.1, -0.05) is 12.1 Å². The summed E-state index contributed by atoms with van der Waals surface area (Å²) in [5.41, 5.74) is 1.72. The summed E-state index contributed by atoms with van der Waals surface area (Å²) in [6.45, 7) is 3.43. The minimum absolute atomic E-state index is 0.0165. The van der Waals surface area contributed by atoms with Crippen molar-refractivity contribution in [3.8, 4) is 0 Å².